The van der Waals surface area contributed by atoms with E-state index in [2.05, 4.69) is 5.32 Å². The molecule has 29 heavy (non-hydrogen) atoms. The molecule has 8 nitrogen and oxygen atoms in total. The average molecular weight is 429 g/mol. The Kier molecular flexibility index (Phi) is 8.15. The highest BCUT2D eigenvalue weighted by atomic mass is 32.2. The molecular weight excluding hydrogens is 396 g/mol. The zero-order chi connectivity index (χ0) is 21.6. The van der Waals surface area contributed by atoms with Gasteiger partial charge in [0.15, 0.2) is 11.5 Å². The molecule has 0 aliphatic carbocycles. The van der Waals surface area contributed by atoms with Crippen LogP contribution in [0.3, 0.4) is 0 Å². The Morgan fingerprint density at radius 2 is 2.00 bits per heavy atom. The topological polar surface area (TPSA) is 94.2 Å². The van der Waals surface area contributed by atoms with Crippen molar-refractivity contribution in [1.82, 2.24) is 10.2 Å². The van der Waals surface area contributed by atoms with Crippen molar-refractivity contribution >= 4 is 16.1 Å². The third-order valence-electron chi connectivity index (χ3n) is 4.53. The molecule has 1 heterocycles. The van der Waals surface area contributed by atoms with Crippen LogP contribution in [0.4, 0.5) is 4.79 Å². The second-order valence-electron chi connectivity index (χ2n) is 7.73. The van der Waals surface area contributed by atoms with Gasteiger partial charge >= 0.3 is 16.1 Å². The van der Waals surface area contributed by atoms with E-state index in [1.54, 1.807) is 36.9 Å². The van der Waals surface area contributed by atoms with Gasteiger partial charge in [0.1, 0.15) is 0 Å². The molecule has 2 rings (SSSR count). The number of ether oxygens (including phenoxy) is 2. The monoisotopic (exact) mass is 428 g/mol. The molecule has 0 unspecified atom stereocenters. The third-order valence-corrected chi connectivity index (χ3v) is 6.10. The molecule has 0 aromatic heterocycles. The number of methoxy groups -OCH3 is 1. The molecule has 1 N–H and O–H groups in total. The minimum atomic E-state index is -3.77. The van der Waals surface area contributed by atoms with E-state index in [1.165, 1.54) is 7.11 Å². The first-order valence-electron chi connectivity index (χ1n) is 9.89. The van der Waals surface area contributed by atoms with Gasteiger partial charge in [-0.1, -0.05) is 6.07 Å². The Hall–Kier alpha value is -2.00. The highest BCUT2D eigenvalue weighted by Crippen LogP contribution is 2.30. The van der Waals surface area contributed by atoms with Crippen LogP contribution in [0.1, 0.15) is 46.1 Å². The molecule has 1 aromatic rings. The van der Waals surface area contributed by atoms with Crippen molar-refractivity contribution in [1.29, 1.82) is 0 Å². The van der Waals surface area contributed by atoms with Crippen LogP contribution in [-0.4, -0.2) is 57.0 Å². The van der Waals surface area contributed by atoms with E-state index in [-0.39, 0.29) is 23.9 Å². The Morgan fingerprint density at radius 3 is 2.55 bits per heavy atom. The number of hydrogen-bond donors (Lipinski definition) is 1. The smallest absolute Gasteiger partial charge is 0.317 e. The van der Waals surface area contributed by atoms with Crippen LogP contribution in [-0.2, 0) is 21.4 Å². The van der Waals surface area contributed by atoms with Crippen molar-refractivity contribution < 1.29 is 26.9 Å². The first-order chi connectivity index (χ1) is 13.6. The van der Waals surface area contributed by atoms with Crippen molar-refractivity contribution in [3.63, 3.8) is 0 Å². The van der Waals surface area contributed by atoms with Gasteiger partial charge in [0.25, 0.3) is 0 Å². The molecule has 1 saturated heterocycles. The van der Waals surface area contributed by atoms with Gasteiger partial charge < -0.3 is 23.9 Å². The lowest BCUT2D eigenvalue weighted by Crippen LogP contribution is -2.45. The summed E-state index contributed by atoms with van der Waals surface area (Å²) in [7, 11) is -2.32. The van der Waals surface area contributed by atoms with Crippen LogP contribution >= 0.6 is 0 Å². The summed E-state index contributed by atoms with van der Waals surface area (Å²) in [6, 6.07) is 4.84. The second-order valence-corrected chi connectivity index (χ2v) is 9.82. The first kappa shape index (κ1) is 23.3. The van der Waals surface area contributed by atoms with E-state index in [0.717, 1.165) is 18.4 Å². The van der Waals surface area contributed by atoms with Crippen molar-refractivity contribution in [3.8, 4) is 11.5 Å². The Morgan fingerprint density at radius 1 is 1.28 bits per heavy atom. The largest absolute Gasteiger partial charge is 0.493 e. The fraction of sp³-hybridized carbons (Fsp3) is 0.650. The van der Waals surface area contributed by atoms with Gasteiger partial charge in [-0.25, -0.2) is 4.79 Å². The molecule has 1 aromatic carbocycles. The summed E-state index contributed by atoms with van der Waals surface area (Å²) in [6.07, 6.45) is 1.90. The van der Waals surface area contributed by atoms with E-state index in [4.69, 9.17) is 13.7 Å². The molecule has 1 aliphatic heterocycles. The summed E-state index contributed by atoms with van der Waals surface area (Å²) >= 11 is 0. The summed E-state index contributed by atoms with van der Waals surface area (Å²) in [5.41, 5.74) is 0.733. The molecule has 1 aliphatic rings. The molecule has 0 bridgehead atoms. The number of rotatable bonds is 9. The number of amides is 2. The summed E-state index contributed by atoms with van der Waals surface area (Å²) in [5.74, 6) is 0.426. The number of carbonyl (C=O) groups is 1. The van der Waals surface area contributed by atoms with Crippen LogP contribution < -0.4 is 14.2 Å². The van der Waals surface area contributed by atoms with Crippen molar-refractivity contribution in [2.24, 2.45) is 0 Å². The number of benzene rings is 1. The molecular formula is C20H32N2O6S. The standard InChI is InChI=1S/C20H32N2O6S/c1-14(2)21-20(23)22(13-17-7-6-10-27-17)12-16-8-9-18(26-5)19(11-16)28-29(24,25)15(3)4/h8-9,11,14-15,17H,6-7,10,12-13H2,1-5H3,(H,21,23)/t17-/m1/s1. The maximum Gasteiger partial charge on any atom is 0.317 e. The minimum absolute atomic E-state index is 0.000410. The highest BCUT2D eigenvalue weighted by molar-refractivity contribution is 7.87. The van der Waals surface area contributed by atoms with E-state index >= 15 is 0 Å². The van der Waals surface area contributed by atoms with Gasteiger partial charge in [-0.3, -0.25) is 0 Å². The molecule has 2 amide bonds. The van der Waals surface area contributed by atoms with Gasteiger partial charge in [0.2, 0.25) is 0 Å². The molecule has 0 spiro atoms. The van der Waals surface area contributed by atoms with E-state index in [0.29, 0.717) is 25.4 Å². The molecule has 1 fully saturated rings. The molecule has 0 radical (unpaired) electrons. The summed E-state index contributed by atoms with van der Waals surface area (Å²) in [6.45, 7) is 8.36. The van der Waals surface area contributed by atoms with Crippen molar-refractivity contribution in [3.05, 3.63) is 23.8 Å². The highest BCUT2D eigenvalue weighted by Gasteiger charge is 2.25. The SMILES string of the molecule is COc1ccc(CN(C[C@H]2CCCO2)C(=O)NC(C)C)cc1OS(=O)(=O)C(C)C. The van der Waals surface area contributed by atoms with Gasteiger partial charge in [-0.15, -0.1) is 0 Å². The maximum atomic E-state index is 12.7. The first-order valence-corrected chi connectivity index (χ1v) is 11.4. The zero-order valence-corrected chi connectivity index (χ0v) is 18.6. The van der Waals surface area contributed by atoms with Gasteiger partial charge in [0, 0.05) is 25.7 Å². The fourth-order valence-corrected chi connectivity index (χ4v) is 3.49. The maximum absolute atomic E-state index is 12.7. The predicted molar refractivity (Wildman–Crippen MR) is 111 cm³/mol. The number of nitrogens with zero attached hydrogens (tertiary/aromatic N) is 1. The lowest BCUT2D eigenvalue weighted by atomic mass is 10.1. The van der Waals surface area contributed by atoms with E-state index in [9.17, 15) is 13.2 Å². The van der Waals surface area contributed by atoms with Crippen molar-refractivity contribution in [2.45, 2.75) is 64.5 Å². The molecule has 1 atom stereocenters. The van der Waals surface area contributed by atoms with Gasteiger partial charge in [-0.2, -0.15) is 8.42 Å². The summed E-state index contributed by atoms with van der Waals surface area (Å²) < 4.78 is 40.6. The molecule has 9 heteroatoms. The molecule has 0 saturated carbocycles. The lowest BCUT2D eigenvalue weighted by Gasteiger charge is -2.27. The Bertz CT molecular complexity index is 788. The van der Waals surface area contributed by atoms with Crippen LogP contribution in [0, 0.1) is 0 Å². The molecule has 164 valence electrons. The van der Waals surface area contributed by atoms with Crippen LogP contribution in [0.2, 0.25) is 0 Å². The average Bonchev–Trinajstić information content (AvgIpc) is 3.13. The number of urea groups is 1. The number of carbonyl (C=O) groups excluding carboxylic acids is 1. The van der Waals surface area contributed by atoms with Crippen LogP contribution in [0.15, 0.2) is 18.2 Å². The van der Waals surface area contributed by atoms with E-state index in [1.807, 2.05) is 13.8 Å². The zero-order valence-electron chi connectivity index (χ0n) is 17.8. The normalized spacial score (nSPS) is 16.9. The minimum Gasteiger partial charge on any atom is -0.493 e. The van der Waals surface area contributed by atoms with Crippen molar-refractivity contribution in [2.75, 3.05) is 20.3 Å². The Balaban J connectivity index is 2.24. The third kappa shape index (κ3) is 6.78. The number of hydrogen-bond acceptors (Lipinski definition) is 6. The van der Waals surface area contributed by atoms with Gasteiger partial charge in [-0.05, 0) is 58.2 Å². The van der Waals surface area contributed by atoms with E-state index < -0.39 is 15.4 Å². The number of nitrogens with one attached hydrogen (secondary N) is 1. The summed E-state index contributed by atoms with van der Waals surface area (Å²) in [5, 5.41) is 2.22. The lowest BCUT2D eigenvalue weighted by molar-refractivity contribution is 0.0791. The second kappa shape index (κ2) is 10.2. The quantitative estimate of drug-likeness (QED) is 0.608. The predicted octanol–water partition coefficient (Wildman–Crippen LogP) is 2.91. The fourth-order valence-electron chi connectivity index (χ4n) is 2.92. The van der Waals surface area contributed by atoms with Crippen LogP contribution in [0.5, 0.6) is 11.5 Å². The Labute approximate surface area is 173 Å². The van der Waals surface area contributed by atoms with Crippen LogP contribution in [0.25, 0.3) is 0 Å². The summed E-state index contributed by atoms with van der Waals surface area (Å²) in [4.78, 5) is 14.4. The van der Waals surface area contributed by atoms with Gasteiger partial charge in [0.05, 0.1) is 18.5 Å².